The number of fused-ring (bicyclic) bond motifs is 4. The summed E-state index contributed by atoms with van der Waals surface area (Å²) in [6.07, 6.45) is 0. The molecule has 0 saturated heterocycles. The van der Waals surface area contributed by atoms with E-state index in [1.54, 1.807) is 0 Å². The first kappa shape index (κ1) is 53.4. The number of hydrogen-bond donors (Lipinski definition) is 0. The van der Waals surface area contributed by atoms with E-state index >= 15 is 0 Å². The van der Waals surface area contributed by atoms with Crippen LogP contribution in [-0.4, -0.2) is 8.42 Å². The minimum atomic E-state index is 0. The Balaban J connectivity index is 0.000000371. The Labute approximate surface area is 393 Å². The van der Waals surface area contributed by atoms with Gasteiger partial charge < -0.3 is 24.8 Å². The molecule has 0 aliphatic rings. The third kappa shape index (κ3) is 14.3. The average molecular weight is 966 g/mol. The van der Waals surface area contributed by atoms with Crippen molar-refractivity contribution in [2.24, 2.45) is 0 Å². The van der Waals surface area contributed by atoms with Gasteiger partial charge >= 0.3 is 56.9 Å². The topological polar surface area (TPSA) is 0 Å². The maximum Gasteiger partial charge on any atom is -1.00 e. The van der Waals surface area contributed by atoms with Crippen LogP contribution in [0.1, 0.15) is 124 Å². The summed E-state index contributed by atoms with van der Waals surface area (Å²) in [4.78, 5) is 0. The molecule has 0 bridgehead atoms. The van der Waals surface area contributed by atoms with Crippen LogP contribution in [0.25, 0.3) is 43.1 Å². The summed E-state index contributed by atoms with van der Waals surface area (Å²) in [5.74, 6) is 2.46. The molecule has 304 valence electrons. The zero-order valence-corrected chi connectivity index (χ0v) is 43.5. The smallest absolute Gasteiger partial charge is 1.00 e. The molecule has 8 aromatic carbocycles. The Kier molecular flexibility index (Phi) is 23.9. The van der Waals surface area contributed by atoms with Gasteiger partial charge in [0.2, 0.25) is 0 Å². The van der Waals surface area contributed by atoms with Gasteiger partial charge in [-0.2, -0.15) is 24.3 Å². The van der Waals surface area contributed by atoms with Gasteiger partial charge in [0.25, 0.3) is 0 Å². The predicted molar refractivity (Wildman–Crippen MR) is 248 cm³/mol. The molecule has 0 spiro atoms. The second-order valence-corrected chi connectivity index (χ2v) is 16.2. The van der Waals surface area contributed by atoms with Crippen molar-refractivity contribution in [3.8, 4) is 0 Å². The van der Waals surface area contributed by atoms with Crippen LogP contribution in [0, 0.1) is 27.7 Å². The summed E-state index contributed by atoms with van der Waals surface area (Å²) in [6.45, 7) is 26.6. The molecule has 0 radical (unpaired) electrons. The van der Waals surface area contributed by atoms with Crippen LogP contribution < -0.4 is 24.8 Å². The van der Waals surface area contributed by atoms with Gasteiger partial charge in [-0.05, 0) is 23.7 Å². The molecule has 0 aliphatic heterocycles. The molecule has 0 aliphatic carbocycles. The van der Waals surface area contributed by atoms with Gasteiger partial charge in [0.1, 0.15) is 0 Å². The second-order valence-electron chi connectivity index (χ2n) is 16.2. The van der Waals surface area contributed by atoms with Crippen LogP contribution in [0.15, 0.2) is 121 Å². The summed E-state index contributed by atoms with van der Waals surface area (Å²) < 4.78 is 6.68. The number of rotatable bonds is 4. The minimum absolute atomic E-state index is 0. The number of aryl methyl sites for hydroxylation is 4. The maximum absolute atomic E-state index is 3.34. The Bertz CT molecular complexity index is 2070. The number of halogens is 2. The standard InChI is InChI=1S/4C13H15.2CH2.2ClH.2Zr/c4*1-9(2)12-6-4-5-11-7-10(3)8-13(11)12;;;;;;/h4*4-9H,1-3H3;2*1H2;2*1H;;/q4*-1;;;;;2*+2/p-2. The molecule has 0 amide bonds. The summed E-state index contributed by atoms with van der Waals surface area (Å²) in [6, 6.07) is 44.4. The van der Waals surface area contributed by atoms with Crippen LogP contribution in [0.5, 0.6) is 0 Å². The van der Waals surface area contributed by atoms with Crippen molar-refractivity contribution in [1.82, 2.24) is 0 Å². The van der Waals surface area contributed by atoms with Crippen molar-refractivity contribution in [1.29, 1.82) is 0 Å². The largest absolute Gasteiger partial charge is 1.00 e. The van der Waals surface area contributed by atoms with E-state index in [1.165, 1.54) is 136 Å². The van der Waals surface area contributed by atoms with Crippen LogP contribution in [-0.2, 0) is 48.5 Å². The van der Waals surface area contributed by atoms with Gasteiger partial charge in [-0.25, -0.2) is 0 Å². The average Bonchev–Trinajstić information content (AvgIpc) is 3.95. The van der Waals surface area contributed by atoms with Crippen molar-refractivity contribution in [2.45, 2.75) is 107 Å². The second kappa shape index (κ2) is 25.9. The van der Waals surface area contributed by atoms with E-state index in [2.05, 4.69) is 213 Å². The summed E-state index contributed by atoms with van der Waals surface area (Å²) in [5.41, 5.74) is 11.3. The Hall–Kier alpha value is -2.59. The molecule has 0 fully saturated rings. The number of hydrogen-bond acceptors (Lipinski definition) is 0. The Morgan fingerprint density at radius 1 is 0.345 bits per heavy atom. The third-order valence-electron chi connectivity index (χ3n) is 10.2. The minimum Gasteiger partial charge on any atom is -1.00 e. The van der Waals surface area contributed by atoms with Crippen molar-refractivity contribution in [3.63, 3.8) is 0 Å². The molecule has 8 rings (SSSR count). The van der Waals surface area contributed by atoms with Crippen molar-refractivity contribution < 1.29 is 73.3 Å². The quantitative estimate of drug-likeness (QED) is 0.154. The van der Waals surface area contributed by atoms with Gasteiger partial charge in [-0.15, -0.1) is 138 Å². The van der Waals surface area contributed by atoms with E-state index in [-0.39, 0.29) is 24.8 Å². The third-order valence-corrected chi connectivity index (χ3v) is 10.2. The Morgan fingerprint density at radius 3 is 0.672 bits per heavy atom. The van der Waals surface area contributed by atoms with Crippen molar-refractivity contribution in [3.05, 3.63) is 166 Å². The first-order chi connectivity index (χ1) is 26.7. The molecule has 4 heteroatoms. The van der Waals surface area contributed by atoms with Crippen LogP contribution in [0.2, 0.25) is 0 Å². The molecule has 0 unspecified atom stereocenters. The van der Waals surface area contributed by atoms with Crippen molar-refractivity contribution >= 4 is 51.5 Å². The van der Waals surface area contributed by atoms with Crippen LogP contribution in [0.4, 0.5) is 0 Å². The number of benzene rings is 4. The molecule has 0 N–H and O–H groups in total. The molecule has 0 heterocycles. The van der Waals surface area contributed by atoms with Crippen molar-refractivity contribution in [2.75, 3.05) is 0 Å². The first-order valence-electron chi connectivity index (χ1n) is 20.1. The van der Waals surface area contributed by atoms with Gasteiger partial charge in [-0.1, -0.05) is 130 Å². The molecular formula is C54H64Cl2Zr2-2. The zero-order chi connectivity index (χ0) is 41.7. The summed E-state index contributed by atoms with van der Waals surface area (Å²) in [7, 11) is 0. The van der Waals surface area contributed by atoms with Crippen LogP contribution in [0.3, 0.4) is 0 Å². The predicted octanol–water partition coefficient (Wildman–Crippen LogP) is 9.90. The molecule has 58 heavy (non-hydrogen) atoms. The van der Waals surface area contributed by atoms with Gasteiger partial charge in [0.15, 0.2) is 0 Å². The Morgan fingerprint density at radius 2 is 0.517 bits per heavy atom. The maximum atomic E-state index is 3.34. The molecular weight excluding hydrogens is 902 g/mol. The SMILES string of the molecule is Cc1cc2c(C(C)C)cccc2[cH-]1.Cc1cc2c(C(C)C)cccc2[cH-]1.Cc1cc2c(C(C)C)cccc2[cH-]1.Cc1cc2c(C(C)C)cccc2[cH-]1.[CH2]=[Zr+2].[CH2]=[Zr+2].[Cl-].[Cl-]. The van der Waals surface area contributed by atoms with Gasteiger partial charge in [0, 0.05) is 0 Å². The van der Waals surface area contributed by atoms with E-state index in [1.807, 2.05) is 0 Å². The van der Waals surface area contributed by atoms with E-state index in [0.717, 1.165) is 0 Å². The first-order valence-corrected chi connectivity index (χ1v) is 23.6. The molecule has 0 saturated carbocycles. The fraction of sp³-hybridized carbons (Fsp3) is 0.296. The van der Waals surface area contributed by atoms with E-state index < -0.39 is 0 Å². The van der Waals surface area contributed by atoms with Gasteiger partial charge in [0.05, 0.1) is 0 Å². The van der Waals surface area contributed by atoms with Gasteiger partial charge in [-0.3, -0.25) is 0 Å². The summed E-state index contributed by atoms with van der Waals surface area (Å²) in [5, 5.41) is 11.2. The fourth-order valence-electron chi connectivity index (χ4n) is 7.65. The summed E-state index contributed by atoms with van der Waals surface area (Å²) >= 11 is 2.60. The van der Waals surface area contributed by atoms with E-state index in [9.17, 15) is 0 Å². The fourth-order valence-corrected chi connectivity index (χ4v) is 7.65. The molecule has 0 atom stereocenters. The van der Waals surface area contributed by atoms with E-state index in [4.69, 9.17) is 0 Å². The normalized spacial score (nSPS) is 10.4. The monoisotopic (exact) mass is 962 g/mol. The molecule has 8 aromatic rings. The molecule has 0 aromatic heterocycles. The molecule has 0 nitrogen and oxygen atoms in total. The van der Waals surface area contributed by atoms with Crippen LogP contribution >= 0.6 is 0 Å². The zero-order valence-electron chi connectivity index (χ0n) is 37.0. The van der Waals surface area contributed by atoms with E-state index in [0.29, 0.717) is 23.7 Å².